The SMILES string of the molecule is CCC[Si](OC)(OC)OC.c1ccc2c(c1)[nH]c1ccccc12. The molecule has 1 aromatic heterocycles. The number of nitrogens with one attached hydrogen (secondary N) is 1. The Balaban J connectivity index is 0.000000175. The smallest absolute Gasteiger partial charge is 0.377 e. The number of hydrogen-bond donors (Lipinski definition) is 1. The summed E-state index contributed by atoms with van der Waals surface area (Å²) in [6, 6.07) is 17.6. The average Bonchev–Trinajstić information content (AvgIpc) is 2.99. The number of fused-ring (bicyclic) bond motifs is 3. The molecule has 2 aromatic carbocycles. The van der Waals surface area contributed by atoms with Crippen molar-refractivity contribution in [1.82, 2.24) is 4.98 Å². The van der Waals surface area contributed by atoms with Gasteiger partial charge in [-0.25, -0.2) is 0 Å². The highest BCUT2D eigenvalue weighted by Crippen LogP contribution is 2.24. The Morgan fingerprint density at radius 3 is 1.57 bits per heavy atom. The molecule has 0 spiro atoms. The minimum atomic E-state index is -2.22. The molecule has 3 aromatic rings. The van der Waals surface area contributed by atoms with Crippen molar-refractivity contribution in [3.05, 3.63) is 48.5 Å². The molecule has 0 atom stereocenters. The van der Waals surface area contributed by atoms with Gasteiger partial charge in [0, 0.05) is 49.2 Å². The van der Waals surface area contributed by atoms with Gasteiger partial charge < -0.3 is 18.3 Å². The molecule has 0 amide bonds. The number of rotatable bonds is 5. The van der Waals surface area contributed by atoms with Gasteiger partial charge in [0.05, 0.1) is 0 Å². The third-order valence-corrected chi connectivity index (χ3v) is 6.88. The zero-order chi connectivity index (χ0) is 16.7. The highest BCUT2D eigenvalue weighted by molar-refractivity contribution is 6.60. The largest absolute Gasteiger partial charge is 0.500 e. The third kappa shape index (κ3) is 4.00. The number of para-hydroxylation sites is 2. The summed E-state index contributed by atoms with van der Waals surface area (Å²) in [7, 11) is 2.68. The maximum Gasteiger partial charge on any atom is 0.500 e. The monoisotopic (exact) mass is 331 g/mol. The highest BCUT2D eigenvalue weighted by Gasteiger charge is 2.36. The van der Waals surface area contributed by atoms with Gasteiger partial charge in [0.15, 0.2) is 0 Å². The van der Waals surface area contributed by atoms with Crippen LogP contribution in [-0.2, 0) is 13.3 Å². The Morgan fingerprint density at radius 2 is 1.22 bits per heavy atom. The molecule has 0 saturated carbocycles. The Labute approximate surface area is 138 Å². The van der Waals surface area contributed by atoms with Crippen LogP contribution in [0.2, 0.25) is 6.04 Å². The van der Waals surface area contributed by atoms with Crippen LogP contribution < -0.4 is 0 Å². The molecular formula is C18H25NO3Si. The first-order valence-corrected chi connectivity index (χ1v) is 9.73. The van der Waals surface area contributed by atoms with E-state index in [1.165, 1.54) is 21.8 Å². The van der Waals surface area contributed by atoms with Crippen molar-refractivity contribution >= 4 is 30.6 Å². The van der Waals surface area contributed by atoms with Crippen molar-refractivity contribution in [2.75, 3.05) is 21.3 Å². The van der Waals surface area contributed by atoms with Crippen LogP contribution in [0.3, 0.4) is 0 Å². The van der Waals surface area contributed by atoms with E-state index in [0.717, 1.165) is 12.5 Å². The van der Waals surface area contributed by atoms with Crippen LogP contribution in [0.5, 0.6) is 0 Å². The number of aromatic nitrogens is 1. The van der Waals surface area contributed by atoms with E-state index in [0.29, 0.717) is 0 Å². The van der Waals surface area contributed by atoms with Crippen LogP contribution in [-0.4, -0.2) is 35.1 Å². The van der Waals surface area contributed by atoms with E-state index in [1.54, 1.807) is 21.3 Å². The zero-order valence-electron chi connectivity index (χ0n) is 14.3. The summed E-state index contributed by atoms with van der Waals surface area (Å²) in [5.74, 6) is 0. The van der Waals surface area contributed by atoms with Gasteiger partial charge in [-0.1, -0.05) is 49.7 Å². The summed E-state index contributed by atoms with van der Waals surface area (Å²) in [5, 5.41) is 2.61. The second-order valence-electron chi connectivity index (χ2n) is 5.26. The van der Waals surface area contributed by atoms with Crippen molar-refractivity contribution < 1.29 is 13.3 Å². The standard InChI is InChI=1S/C12H9N.C6H16O3Si/c1-3-7-11-9(5-1)10-6-2-4-8-12(10)13-11;1-5-6-10(7-2,8-3)9-4/h1-8,13H;5-6H2,1-4H3. The Bertz CT molecular complexity index is 679. The predicted octanol–water partition coefficient (Wildman–Crippen LogP) is 4.60. The molecule has 0 radical (unpaired) electrons. The first-order valence-electron chi connectivity index (χ1n) is 7.80. The van der Waals surface area contributed by atoms with Gasteiger partial charge in [-0.2, -0.15) is 0 Å². The lowest BCUT2D eigenvalue weighted by atomic mass is 10.2. The van der Waals surface area contributed by atoms with E-state index < -0.39 is 8.80 Å². The molecular weight excluding hydrogens is 306 g/mol. The van der Waals surface area contributed by atoms with Gasteiger partial charge >= 0.3 is 8.80 Å². The number of aromatic amines is 1. The van der Waals surface area contributed by atoms with Crippen molar-refractivity contribution in [2.24, 2.45) is 0 Å². The van der Waals surface area contributed by atoms with Crippen molar-refractivity contribution in [3.8, 4) is 0 Å². The van der Waals surface area contributed by atoms with Crippen LogP contribution in [0.15, 0.2) is 48.5 Å². The van der Waals surface area contributed by atoms with Crippen molar-refractivity contribution in [3.63, 3.8) is 0 Å². The molecule has 23 heavy (non-hydrogen) atoms. The van der Waals surface area contributed by atoms with Gasteiger partial charge in [-0.15, -0.1) is 0 Å². The molecule has 1 heterocycles. The first-order chi connectivity index (χ1) is 11.2. The Kier molecular flexibility index (Phi) is 6.35. The minimum absolute atomic E-state index is 0.885. The summed E-state index contributed by atoms with van der Waals surface area (Å²) >= 11 is 0. The molecule has 0 saturated heterocycles. The number of hydrogen-bond acceptors (Lipinski definition) is 3. The third-order valence-electron chi connectivity index (χ3n) is 3.90. The molecule has 0 aliphatic rings. The van der Waals surface area contributed by atoms with Crippen LogP contribution in [0.1, 0.15) is 13.3 Å². The fourth-order valence-corrected chi connectivity index (χ4v) is 4.39. The molecule has 4 nitrogen and oxygen atoms in total. The molecule has 0 unspecified atom stereocenters. The maximum atomic E-state index is 5.17. The van der Waals surface area contributed by atoms with E-state index in [9.17, 15) is 0 Å². The van der Waals surface area contributed by atoms with Crippen LogP contribution in [0.25, 0.3) is 21.8 Å². The Morgan fingerprint density at radius 1 is 0.783 bits per heavy atom. The summed E-state index contributed by atoms with van der Waals surface area (Å²) in [6.45, 7) is 2.08. The molecule has 1 N–H and O–H groups in total. The van der Waals surface area contributed by atoms with Crippen LogP contribution >= 0.6 is 0 Å². The normalized spacial score (nSPS) is 11.5. The van der Waals surface area contributed by atoms with Gasteiger partial charge in [-0.05, 0) is 12.1 Å². The van der Waals surface area contributed by atoms with Gasteiger partial charge in [-0.3, -0.25) is 0 Å². The van der Waals surface area contributed by atoms with Crippen LogP contribution in [0, 0.1) is 0 Å². The average molecular weight is 331 g/mol. The second kappa shape index (κ2) is 8.26. The number of benzene rings is 2. The van der Waals surface area contributed by atoms with Gasteiger partial charge in [0.1, 0.15) is 0 Å². The van der Waals surface area contributed by atoms with Crippen molar-refractivity contribution in [2.45, 2.75) is 19.4 Å². The number of H-pyrrole nitrogens is 1. The predicted molar refractivity (Wildman–Crippen MR) is 97.7 cm³/mol. The van der Waals surface area contributed by atoms with E-state index in [1.807, 2.05) is 0 Å². The van der Waals surface area contributed by atoms with Gasteiger partial charge in [0.2, 0.25) is 0 Å². The van der Waals surface area contributed by atoms with Crippen molar-refractivity contribution in [1.29, 1.82) is 0 Å². The fourth-order valence-electron chi connectivity index (χ4n) is 2.66. The molecule has 0 fully saturated rings. The summed E-state index contributed by atoms with van der Waals surface area (Å²) in [4.78, 5) is 3.38. The fraction of sp³-hybridized carbons (Fsp3) is 0.333. The molecule has 0 bridgehead atoms. The molecule has 124 valence electrons. The van der Waals surface area contributed by atoms with Gasteiger partial charge in [0.25, 0.3) is 0 Å². The zero-order valence-corrected chi connectivity index (χ0v) is 15.3. The topological polar surface area (TPSA) is 43.5 Å². The molecule has 0 aliphatic heterocycles. The summed E-state index contributed by atoms with van der Waals surface area (Å²) in [5.41, 5.74) is 2.42. The summed E-state index contributed by atoms with van der Waals surface area (Å²) < 4.78 is 15.5. The maximum absolute atomic E-state index is 5.17. The lowest BCUT2D eigenvalue weighted by Gasteiger charge is -2.23. The Hall–Kier alpha value is -1.66. The summed E-state index contributed by atoms with van der Waals surface area (Å²) in [6.07, 6.45) is 1.03. The highest BCUT2D eigenvalue weighted by atomic mass is 28.4. The quantitative estimate of drug-likeness (QED) is 0.695. The molecule has 0 aliphatic carbocycles. The van der Waals surface area contributed by atoms with E-state index >= 15 is 0 Å². The first kappa shape index (κ1) is 17.7. The lowest BCUT2D eigenvalue weighted by molar-refractivity contribution is 0.123. The van der Waals surface area contributed by atoms with E-state index in [-0.39, 0.29) is 0 Å². The van der Waals surface area contributed by atoms with E-state index in [4.69, 9.17) is 13.3 Å². The second-order valence-corrected chi connectivity index (χ2v) is 8.35. The van der Waals surface area contributed by atoms with E-state index in [2.05, 4.69) is 60.4 Å². The van der Waals surface area contributed by atoms with Crippen LogP contribution in [0.4, 0.5) is 0 Å². The minimum Gasteiger partial charge on any atom is -0.377 e. The molecule has 5 heteroatoms. The lowest BCUT2D eigenvalue weighted by Crippen LogP contribution is -2.42. The molecule has 3 rings (SSSR count).